The second kappa shape index (κ2) is 8.20. The fourth-order valence-electron chi connectivity index (χ4n) is 2.93. The highest BCUT2D eigenvalue weighted by Crippen LogP contribution is 2.32. The molecule has 0 saturated heterocycles. The third-order valence-corrected chi connectivity index (χ3v) is 4.58. The fourth-order valence-corrected chi connectivity index (χ4v) is 3.05. The molecule has 0 bridgehead atoms. The van der Waals surface area contributed by atoms with Crippen LogP contribution in [0.25, 0.3) is 22.5 Å². The van der Waals surface area contributed by atoms with Crippen molar-refractivity contribution in [2.24, 2.45) is 0 Å². The summed E-state index contributed by atoms with van der Waals surface area (Å²) in [5.74, 6) is 1.73. The minimum atomic E-state index is 0.456. The first-order valence-corrected chi connectivity index (χ1v) is 9.18. The molecular weight excluding hydrogens is 390 g/mol. The molecular formula is C21H18ClN5O2. The molecule has 0 aliphatic heterocycles. The van der Waals surface area contributed by atoms with Crippen LogP contribution in [0.2, 0.25) is 5.02 Å². The summed E-state index contributed by atoms with van der Waals surface area (Å²) in [5, 5.41) is 11.1. The first kappa shape index (κ1) is 18.8. The molecule has 0 spiro atoms. The van der Waals surface area contributed by atoms with E-state index >= 15 is 0 Å². The maximum atomic E-state index is 5.99. The van der Waals surface area contributed by atoms with Crippen molar-refractivity contribution >= 4 is 23.2 Å². The van der Waals surface area contributed by atoms with Crippen molar-refractivity contribution in [1.29, 1.82) is 0 Å². The molecule has 0 aliphatic rings. The molecule has 8 heteroatoms. The lowest BCUT2D eigenvalue weighted by molar-refractivity contribution is 0.355. The van der Waals surface area contributed by atoms with E-state index in [9.17, 15) is 0 Å². The van der Waals surface area contributed by atoms with Crippen molar-refractivity contribution in [2.75, 3.05) is 19.5 Å². The molecule has 2 heterocycles. The first-order chi connectivity index (χ1) is 14.2. The Morgan fingerprint density at radius 1 is 0.966 bits per heavy atom. The standard InChI is InChI=1S/C21H18ClN5O2/c1-28-18-8-7-15(11-19(18)29-2)25-21-23-10-9-17(26-21)16-12-24-27-20(16)13-3-5-14(22)6-4-13/h3-12H,1-2H3,(H,24,27)(H,23,25,26). The van der Waals surface area contributed by atoms with E-state index in [4.69, 9.17) is 21.1 Å². The number of halogens is 1. The van der Waals surface area contributed by atoms with E-state index < -0.39 is 0 Å². The first-order valence-electron chi connectivity index (χ1n) is 8.80. The van der Waals surface area contributed by atoms with E-state index in [0.717, 1.165) is 28.2 Å². The van der Waals surface area contributed by atoms with Crippen LogP contribution in [0.4, 0.5) is 11.6 Å². The van der Waals surface area contributed by atoms with Crippen molar-refractivity contribution in [1.82, 2.24) is 20.2 Å². The minimum absolute atomic E-state index is 0.456. The lowest BCUT2D eigenvalue weighted by Gasteiger charge is -2.11. The molecule has 0 saturated carbocycles. The van der Waals surface area contributed by atoms with Crippen molar-refractivity contribution in [3.63, 3.8) is 0 Å². The van der Waals surface area contributed by atoms with E-state index in [1.54, 1.807) is 20.4 Å². The van der Waals surface area contributed by atoms with E-state index in [-0.39, 0.29) is 0 Å². The number of hydrogen-bond acceptors (Lipinski definition) is 6. The highest BCUT2D eigenvalue weighted by molar-refractivity contribution is 6.30. The lowest BCUT2D eigenvalue weighted by Crippen LogP contribution is -1.99. The van der Waals surface area contributed by atoms with Gasteiger partial charge in [0.15, 0.2) is 11.5 Å². The zero-order chi connectivity index (χ0) is 20.2. The Morgan fingerprint density at radius 2 is 1.76 bits per heavy atom. The molecule has 4 aromatic rings. The molecule has 7 nitrogen and oxygen atoms in total. The largest absolute Gasteiger partial charge is 0.493 e. The Kier molecular flexibility index (Phi) is 5.31. The van der Waals surface area contributed by atoms with Crippen LogP contribution in [0, 0.1) is 0 Å². The number of nitrogens with zero attached hydrogens (tertiary/aromatic N) is 3. The van der Waals surface area contributed by atoms with Crippen LogP contribution in [0.5, 0.6) is 11.5 Å². The average molecular weight is 408 g/mol. The van der Waals surface area contributed by atoms with Gasteiger partial charge in [-0.3, -0.25) is 5.10 Å². The number of ether oxygens (including phenoxy) is 2. The lowest BCUT2D eigenvalue weighted by atomic mass is 10.1. The number of rotatable bonds is 6. The molecule has 2 N–H and O–H groups in total. The predicted octanol–water partition coefficient (Wildman–Crippen LogP) is 4.95. The van der Waals surface area contributed by atoms with Crippen molar-refractivity contribution < 1.29 is 9.47 Å². The number of methoxy groups -OCH3 is 2. The molecule has 29 heavy (non-hydrogen) atoms. The molecule has 146 valence electrons. The highest BCUT2D eigenvalue weighted by atomic mass is 35.5. The molecule has 0 aliphatic carbocycles. The van der Waals surface area contributed by atoms with Gasteiger partial charge in [-0.2, -0.15) is 5.10 Å². The normalized spacial score (nSPS) is 10.6. The van der Waals surface area contributed by atoms with Crippen LogP contribution in [-0.2, 0) is 0 Å². The molecule has 2 aromatic heterocycles. The van der Waals surface area contributed by atoms with Crippen molar-refractivity contribution in [3.8, 4) is 34.0 Å². The number of aromatic amines is 1. The van der Waals surface area contributed by atoms with Crippen LogP contribution in [0.3, 0.4) is 0 Å². The van der Waals surface area contributed by atoms with Gasteiger partial charge in [0.2, 0.25) is 5.95 Å². The third kappa shape index (κ3) is 4.00. The van der Waals surface area contributed by atoms with Gasteiger partial charge in [0.25, 0.3) is 0 Å². The molecule has 0 unspecified atom stereocenters. The Hall–Kier alpha value is -3.58. The summed E-state index contributed by atoms with van der Waals surface area (Å²) in [6, 6.07) is 14.9. The molecule has 4 rings (SSSR count). The summed E-state index contributed by atoms with van der Waals surface area (Å²) in [6.45, 7) is 0. The average Bonchev–Trinajstić information content (AvgIpc) is 3.24. The Bertz CT molecular complexity index is 1130. The van der Waals surface area contributed by atoms with Crippen LogP contribution >= 0.6 is 11.6 Å². The fraction of sp³-hybridized carbons (Fsp3) is 0.0952. The zero-order valence-electron chi connectivity index (χ0n) is 15.8. The number of anilines is 2. The summed E-state index contributed by atoms with van der Waals surface area (Å²) in [5.41, 5.74) is 4.12. The summed E-state index contributed by atoms with van der Waals surface area (Å²) in [7, 11) is 3.19. The van der Waals surface area contributed by atoms with Gasteiger partial charge >= 0.3 is 0 Å². The number of aromatic nitrogens is 4. The molecule has 0 amide bonds. The van der Waals surface area contributed by atoms with Crippen molar-refractivity contribution in [3.05, 3.63) is 65.9 Å². The van der Waals surface area contributed by atoms with Crippen LogP contribution in [0.1, 0.15) is 0 Å². The van der Waals surface area contributed by atoms with E-state index in [1.807, 2.05) is 54.7 Å². The monoisotopic (exact) mass is 407 g/mol. The van der Waals surface area contributed by atoms with Crippen molar-refractivity contribution in [2.45, 2.75) is 0 Å². The van der Waals surface area contributed by atoms with Gasteiger partial charge in [-0.25, -0.2) is 9.97 Å². The summed E-state index contributed by atoms with van der Waals surface area (Å²) in [4.78, 5) is 8.95. The van der Waals surface area contributed by atoms with Gasteiger partial charge in [-0.05, 0) is 30.3 Å². The van der Waals surface area contributed by atoms with Gasteiger partial charge in [0, 0.05) is 40.3 Å². The van der Waals surface area contributed by atoms with E-state index in [2.05, 4.69) is 25.5 Å². The van der Waals surface area contributed by atoms with E-state index in [0.29, 0.717) is 22.5 Å². The van der Waals surface area contributed by atoms with Gasteiger partial charge in [-0.1, -0.05) is 23.7 Å². The quantitative estimate of drug-likeness (QED) is 0.470. The SMILES string of the molecule is COc1ccc(Nc2nccc(-c3c[nH]nc3-c3ccc(Cl)cc3)n2)cc1OC. The number of H-pyrrole nitrogens is 1. The maximum Gasteiger partial charge on any atom is 0.227 e. The number of benzene rings is 2. The zero-order valence-corrected chi connectivity index (χ0v) is 16.6. The van der Waals surface area contributed by atoms with Gasteiger partial charge in [-0.15, -0.1) is 0 Å². The van der Waals surface area contributed by atoms with Crippen LogP contribution in [-0.4, -0.2) is 34.4 Å². The Balaban J connectivity index is 1.64. The predicted molar refractivity (Wildman–Crippen MR) is 113 cm³/mol. The summed E-state index contributed by atoms with van der Waals surface area (Å²) in [6.07, 6.45) is 3.51. The van der Waals surface area contributed by atoms with Crippen LogP contribution in [0.15, 0.2) is 60.9 Å². The molecule has 2 aromatic carbocycles. The Morgan fingerprint density at radius 3 is 2.52 bits per heavy atom. The van der Waals surface area contributed by atoms with Gasteiger partial charge in [0.05, 0.1) is 19.9 Å². The van der Waals surface area contributed by atoms with Crippen LogP contribution < -0.4 is 14.8 Å². The molecule has 0 fully saturated rings. The second-order valence-corrected chi connectivity index (χ2v) is 6.55. The second-order valence-electron chi connectivity index (χ2n) is 6.11. The van der Waals surface area contributed by atoms with Gasteiger partial charge in [0.1, 0.15) is 5.69 Å². The molecule has 0 atom stereocenters. The Labute approximate surface area is 172 Å². The minimum Gasteiger partial charge on any atom is -0.493 e. The summed E-state index contributed by atoms with van der Waals surface area (Å²) >= 11 is 5.99. The maximum absolute atomic E-state index is 5.99. The third-order valence-electron chi connectivity index (χ3n) is 4.33. The smallest absolute Gasteiger partial charge is 0.227 e. The number of hydrogen-bond donors (Lipinski definition) is 2. The number of nitrogens with one attached hydrogen (secondary N) is 2. The van der Waals surface area contributed by atoms with Gasteiger partial charge < -0.3 is 14.8 Å². The summed E-state index contributed by atoms with van der Waals surface area (Å²) < 4.78 is 10.6. The topological polar surface area (TPSA) is 85.0 Å². The molecule has 0 radical (unpaired) electrons. The van der Waals surface area contributed by atoms with E-state index in [1.165, 1.54) is 0 Å². The highest BCUT2D eigenvalue weighted by Gasteiger charge is 2.13.